The molecular weight excluding hydrogens is 150 g/mol. The smallest absolute Gasteiger partial charge is 0.0646 e. The van der Waals surface area contributed by atoms with E-state index < -0.39 is 0 Å². The van der Waals surface area contributed by atoms with E-state index in [1.807, 2.05) is 7.11 Å². The lowest BCUT2D eigenvalue weighted by Crippen LogP contribution is -2.44. The summed E-state index contributed by atoms with van der Waals surface area (Å²) in [4.78, 5) is 2.66. The minimum absolute atomic E-state index is 0.439. The van der Waals surface area contributed by atoms with Gasteiger partial charge in [-0.1, -0.05) is 0 Å². The van der Waals surface area contributed by atoms with Crippen LogP contribution in [0.1, 0.15) is 32.6 Å². The maximum Gasteiger partial charge on any atom is 0.0646 e. The van der Waals surface area contributed by atoms with Crippen LogP contribution >= 0.6 is 0 Å². The molecule has 0 saturated carbocycles. The summed E-state index contributed by atoms with van der Waals surface area (Å²) in [5, 5.41) is 0. The summed E-state index contributed by atoms with van der Waals surface area (Å²) >= 11 is 0. The number of ether oxygens (including phenoxy) is 1. The predicted octanol–water partition coefficient (Wildman–Crippen LogP) is 1.65. The molecule has 2 aliphatic heterocycles. The van der Waals surface area contributed by atoms with Gasteiger partial charge in [0.25, 0.3) is 0 Å². The minimum atomic E-state index is 0.439. The number of rotatable bonds is 2. The summed E-state index contributed by atoms with van der Waals surface area (Å²) in [5.41, 5.74) is 0.439. The largest absolute Gasteiger partial charge is 0.383 e. The van der Waals surface area contributed by atoms with Crippen molar-refractivity contribution in [2.24, 2.45) is 0 Å². The Labute approximate surface area is 74.9 Å². The van der Waals surface area contributed by atoms with Gasteiger partial charge in [0.05, 0.1) is 6.61 Å². The van der Waals surface area contributed by atoms with Gasteiger partial charge in [-0.3, -0.25) is 4.90 Å². The monoisotopic (exact) mass is 169 g/mol. The van der Waals surface area contributed by atoms with Crippen LogP contribution < -0.4 is 0 Å². The third-order valence-electron chi connectivity index (χ3n) is 3.62. The summed E-state index contributed by atoms with van der Waals surface area (Å²) in [6.07, 6.45) is 5.43. The standard InChI is InChI=1S/C10H19NO/c1-9-4-6-10(8-12-2)5-3-7-11(9)10/h9H,3-8H2,1-2H3. The van der Waals surface area contributed by atoms with Gasteiger partial charge in [0, 0.05) is 18.7 Å². The Bertz CT molecular complexity index is 167. The quantitative estimate of drug-likeness (QED) is 0.623. The summed E-state index contributed by atoms with van der Waals surface area (Å²) in [5.74, 6) is 0. The third kappa shape index (κ3) is 1.09. The number of hydrogen-bond donors (Lipinski definition) is 0. The van der Waals surface area contributed by atoms with Crippen molar-refractivity contribution in [2.75, 3.05) is 20.3 Å². The molecule has 2 heterocycles. The summed E-state index contributed by atoms with van der Waals surface area (Å²) in [7, 11) is 1.83. The molecule has 0 spiro atoms. The molecule has 70 valence electrons. The highest BCUT2D eigenvalue weighted by Crippen LogP contribution is 2.42. The van der Waals surface area contributed by atoms with E-state index >= 15 is 0 Å². The maximum atomic E-state index is 5.34. The zero-order chi connectivity index (χ0) is 8.60. The minimum Gasteiger partial charge on any atom is -0.383 e. The lowest BCUT2D eigenvalue weighted by Gasteiger charge is -2.33. The van der Waals surface area contributed by atoms with Crippen LogP contribution in [-0.4, -0.2) is 36.7 Å². The second-order valence-electron chi connectivity index (χ2n) is 4.34. The van der Waals surface area contributed by atoms with Crippen molar-refractivity contribution in [3.63, 3.8) is 0 Å². The van der Waals surface area contributed by atoms with Gasteiger partial charge in [0.2, 0.25) is 0 Å². The van der Waals surface area contributed by atoms with Crippen molar-refractivity contribution in [1.82, 2.24) is 4.90 Å². The zero-order valence-corrected chi connectivity index (χ0v) is 8.18. The molecule has 12 heavy (non-hydrogen) atoms. The van der Waals surface area contributed by atoms with Gasteiger partial charge in [0.15, 0.2) is 0 Å². The summed E-state index contributed by atoms with van der Waals surface area (Å²) in [6.45, 7) is 4.59. The van der Waals surface area contributed by atoms with Crippen LogP contribution in [0.2, 0.25) is 0 Å². The molecule has 0 N–H and O–H groups in total. The summed E-state index contributed by atoms with van der Waals surface area (Å²) in [6, 6.07) is 0.794. The van der Waals surface area contributed by atoms with Crippen LogP contribution in [0.4, 0.5) is 0 Å². The first-order chi connectivity index (χ1) is 5.78. The van der Waals surface area contributed by atoms with E-state index in [2.05, 4.69) is 11.8 Å². The lowest BCUT2D eigenvalue weighted by molar-refractivity contribution is 0.0527. The SMILES string of the molecule is COCC12CCCN1C(C)CC2. The van der Waals surface area contributed by atoms with E-state index in [1.54, 1.807) is 0 Å². The van der Waals surface area contributed by atoms with Crippen LogP contribution in [-0.2, 0) is 4.74 Å². The molecule has 0 amide bonds. The first-order valence-electron chi connectivity index (χ1n) is 5.04. The fourth-order valence-electron chi connectivity index (χ4n) is 3.05. The molecule has 2 unspecified atom stereocenters. The van der Waals surface area contributed by atoms with E-state index in [0.29, 0.717) is 5.54 Å². The Morgan fingerprint density at radius 1 is 1.50 bits per heavy atom. The molecule has 2 nitrogen and oxygen atoms in total. The van der Waals surface area contributed by atoms with Crippen LogP contribution in [0.15, 0.2) is 0 Å². The first-order valence-corrected chi connectivity index (χ1v) is 5.04. The molecule has 0 aromatic rings. The molecular formula is C10H19NO. The van der Waals surface area contributed by atoms with Crippen molar-refractivity contribution in [2.45, 2.75) is 44.2 Å². The topological polar surface area (TPSA) is 12.5 Å². The van der Waals surface area contributed by atoms with Crippen molar-refractivity contribution in [1.29, 1.82) is 0 Å². The lowest BCUT2D eigenvalue weighted by atomic mass is 9.95. The molecule has 0 aromatic carbocycles. The van der Waals surface area contributed by atoms with Crippen LogP contribution in [0, 0.1) is 0 Å². The van der Waals surface area contributed by atoms with Crippen molar-refractivity contribution in [3.05, 3.63) is 0 Å². The van der Waals surface area contributed by atoms with Crippen LogP contribution in [0.5, 0.6) is 0 Å². The Morgan fingerprint density at radius 3 is 3.08 bits per heavy atom. The number of nitrogens with zero attached hydrogens (tertiary/aromatic N) is 1. The highest BCUT2D eigenvalue weighted by atomic mass is 16.5. The molecule has 0 aromatic heterocycles. The highest BCUT2D eigenvalue weighted by Gasteiger charge is 2.47. The van der Waals surface area contributed by atoms with E-state index in [9.17, 15) is 0 Å². The van der Waals surface area contributed by atoms with Gasteiger partial charge < -0.3 is 4.74 Å². The van der Waals surface area contributed by atoms with E-state index in [4.69, 9.17) is 4.74 Å². The Hall–Kier alpha value is -0.0800. The summed E-state index contributed by atoms with van der Waals surface area (Å²) < 4.78 is 5.34. The van der Waals surface area contributed by atoms with Gasteiger partial charge in [-0.2, -0.15) is 0 Å². The van der Waals surface area contributed by atoms with Crippen LogP contribution in [0.25, 0.3) is 0 Å². The van der Waals surface area contributed by atoms with Crippen molar-refractivity contribution >= 4 is 0 Å². The third-order valence-corrected chi connectivity index (χ3v) is 3.62. The molecule has 2 aliphatic rings. The average molecular weight is 169 g/mol. The van der Waals surface area contributed by atoms with Gasteiger partial charge >= 0.3 is 0 Å². The first kappa shape index (κ1) is 8.52. The molecule has 2 saturated heterocycles. The molecule has 2 heteroatoms. The van der Waals surface area contributed by atoms with Crippen molar-refractivity contribution < 1.29 is 4.74 Å². The maximum absolute atomic E-state index is 5.34. The van der Waals surface area contributed by atoms with E-state index in [1.165, 1.54) is 32.2 Å². The Morgan fingerprint density at radius 2 is 2.33 bits per heavy atom. The van der Waals surface area contributed by atoms with E-state index in [-0.39, 0.29) is 0 Å². The second kappa shape index (κ2) is 3.00. The molecule has 0 aliphatic carbocycles. The zero-order valence-electron chi connectivity index (χ0n) is 8.18. The molecule has 2 rings (SSSR count). The van der Waals surface area contributed by atoms with Crippen molar-refractivity contribution in [3.8, 4) is 0 Å². The van der Waals surface area contributed by atoms with Gasteiger partial charge in [-0.15, -0.1) is 0 Å². The second-order valence-corrected chi connectivity index (χ2v) is 4.34. The number of methoxy groups -OCH3 is 1. The highest BCUT2D eigenvalue weighted by molar-refractivity contribution is 5.03. The van der Waals surface area contributed by atoms with Gasteiger partial charge in [-0.25, -0.2) is 0 Å². The molecule has 0 radical (unpaired) electrons. The fourth-order valence-corrected chi connectivity index (χ4v) is 3.05. The molecule has 2 atom stereocenters. The molecule has 2 fully saturated rings. The Balaban J connectivity index is 2.11. The van der Waals surface area contributed by atoms with Gasteiger partial charge in [0.1, 0.15) is 0 Å². The van der Waals surface area contributed by atoms with E-state index in [0.717, 1.165) is 12.6 Å². The fraction of sp³-hybridized carbons (Fsp3) is 1.00. The van der Waals surface area contributed by atoms with Gasteiger partial charge in [-0.05, 0) is 39.2 Å². The normalized spacial score (nSPS) is 42.0. The predicted molar refractivity (Wildman–Crippen MR) is 49.2 cm³/mol. The average Bonchev–Trinajstić information content (AvgIpc) is 2.55. The number of hydrogen-bond acceptors (Lipinski definition) is 2. The van der Waals surface area contributed by atoms with Crippen LogP contribution in [0.3, 0.4) is 0 Å². The Kier molecular flexibility index (Phi) is 2.13. The number of fused-ring (bicyclic) bond motifs is 1. The molecule has 0 bridgehead atoms.